The molecule has 1 saturated heterocycles. The second-order valence-electron chi connectivity index (χ2n) is 6.92. The van der Waals surface area contributed by atoms with Crippen molar-refractivity contribution in [2.75, 3.05) is 18.0 Å². The lowest BCUT2D eigenvalue weighted by Crippen LogP contribution is -2.42. The summed E-state index contributed by atoms with van der Waals surface area (Å²) in [6.07, 6.45) is -1.88. The number of nitrogens with zero attached hydrogens (tertiary/aromatic N) is 3. The zero-order valence-electron chi connectivity index (χ0n) is 15.4. The van der Waals surface area contributed by atoms with Gasteiger partial charge in [0, 0.05) is 43.5 Å². The molecule has 1 fully saturated rings. The molecular weight excluding hydrogens is 373 g/mol. The molecule has 0 saturated carbocycles. The lowest BCUT2D eigenvalue weighted by Gasteiger charge is -2.33. The first-order valence-corrected chi connectivity index (χ1v) is 8.99. The van der Waals surface area contributed by atoms with Crippen molar-refractivity contribution in [3.8, 4) is 0 Å². The van der Waals surface area contributed by atoms with Crippen LogP contribution >= 0.6 is 0 Å². The van der Waals surface area contributed by atoms with Gasteiger partial charge in [-0.2, -0.15) is 13.2 Å². The second-order valence-corrected chi connectivity index (χ2v) is 6.92. The van der Waals surface area contributed by atoms with Crippen molar-refractivity contribution in [2.45, 2.75) is 38.5 Å². The zero-order chi connectivity index (χ0) is 20.3. The molecule has 1 aromatic heterocycles. The van der Waals surface area contributed by atoms with Crippen molar-refractivity contribution in [3.63, 3.8) is 0 Å². The summed E-state index contributed by atoms with van der Waals surface area (Å²) in [5.41, 5.74) is 0.845. The Hall–Kier alpha value is -2.68. The number of rotatable bonds is 5. The molecule has 0 bridgehead atoms. The van der Waals surface area contributed by atoms with Gasteiger partial charge in [-0.15, -0.1) is 0 Å². The lowest BCUT2D eigenvalue weighted by molar-refractivity contribution is -0.385. The molecule has 1 aliphatic heterocycles. The summed E-state index contributed by atoms with van der Waals surface area (Å²) in [7, 11) is 0. The molecular formula is C19H21F3N4O2. The van der Waals surface area contributed by atoms with Crippen molar-refractivity contribution >= 4 is 11.5 Å². The molecule has 2 aromatic rings. The Balaban J connectivity index is 1.52. The number of hydrogen-bond donors (Lipinski definition) is 1. The Morgan fingerprint density at radius 2 is 1.96 bits per heavy atom. The Kier molecular flexibility index (Phi) is 5.83. The number of benzene rings is 1. The van der Waals surface area contributed by atoms with E-state index >= 15 is 0 Å². The average Bonchev–Trinajstić information content (AvgIpc) is 2.67. The van der Waals surface area contributed by atoms with Crippen molar-refractivity contribution in [3.05, 3.63) is 63.3 Å². The van der Waals surface area contributed by atoms with Gasteiger partial charge in [0.05, 0.1) is 10.5 Å². The summed E-state index contributed by atoms with van der Waals surface area (Å²) in [6.45, 7) is 3.61. The number of aromatic nitrogens is 1. The highest BCUT2D eigenvalue weighted by Gasteiger charge is 2.31. The van der Waals surface area contributed by atoms with Crippen LogP contribution in [0.3, 0.4) is 0 Å². The van der Waals surface area contributed by atoms with E-state index in [-0.39, 0.29) is 16.7 Å². The highest BCUT2D eigenvalue weighted by Crippen LogP contribution is 2.30. The Labute approximate surface area is 160 Å². The number of pyridine rings is 1. The van der Waals surface area contributed by atoms with Gasteiger partial charge in [-0.3, -0.25) is 10.1 Å². The van der Waals surface area contributed by atoms with Crippen LogP contribution < -0.4 is 10.2 Å². The number of piperidine rings is 1. The van der Waals surface area contributed by atoms with E-state index in [2.05, 4.69) is 10.3 Å². The van der Waals surface area contributed by atoms with Gasteiger partial charge in [0.2, 0.25) is 0 Å². The number of alkyl halides is 3. The average molecular weight is 394 g/mol. The molecule has 2 heterocycles. The Bertz CT molecular complexity index is 832. The number of hydrogen-bond acceptors (Lipinski definition) is 5. The Morgan fingerprint density at radius 1 is 1.25 bits per heavy atom. The number of nitro groups is 1. The smallest absolute Gasteiger partial charge is 0.357 e. The fourth-order valence-electron chi connectivity index (χ4n) is 3.28. The van der Waals surface area contributed by atoms with Gasteiger partial charge in [-0.1, -0.05) is 12.1 Å². The minimum atomic E-state index is -4.38. The topological polar surface area (TPSA) is 71.3 Å². The zero-order valence-corrected chi connectivity index (χ0v) is 15.4. The normalized spacial score (nSPS) is 15.6. The molecule has 1 N–H and O–H groups in total. The molecule has 3 rings (SSSR count). The molecule has 150 valence electrons. The van der Waals surface area contributed by atoms with Gasteiger partial charge >= 0.3 is 6.18 Å². The molecule has 6 nitrogen and oxygen atoms in total. The fourth-order valence-corrected chi connectivity index (χ4v) is 3.28. The first-order valence-electron chi connectivity index (χ1n) is 8.99. The first kappa shape index (κ1) is 20.1. The minimum absolute atomic E-state index is 0.113. The van der Waals surface area contributed by atoms with E-state index in [4.69, 9.17) is 0 Å². The van der Waals surface area contributed by atoms with Crippen molar-refractivity contribution in [1.82, 2.24) is 10.3 Å². The molecule has 0 aliphatic carbocycles. The standard InChI is InChI=1S/C19H21F3N4O2/c1-13-2-3-14(10-17(13)26(27)28)11-23-16-6-8-25(9-7-16)18-5-4-15(12-24-18)19(20,21)22/h2-5,10,12,16,23H,6-9,11H2,1H3. The third-order valence-corrected chi connectivity index (χ3v) is 4.96. The van der Waals surface area contributed by atoms with Gasteiger partial charge in [-0.05, 0) is 37.5 Å². The van der Waals surface area contributed by atoms with Crippen LogP contribution in [0.4, 0.5) is 24.7 Å². The summed E-state index contributed by atoms with van der Waals surface area (Å²) in [5, 5.41) is 14.4. The number of halogens is 3. The molecule has 0 radical (unpaired) electrons. The summed E-state index contributed by atoms with van der Waals surface area (Å²) in [5.74, 6) is 0.542. The highest BCUT2D eigenvalue weighted by molar-refractivity contribution is 5.42. The Morgan fingerprint density at radius 3 is 2.54 bits per heavy atom. The predicted molar refractivity (Wildman–Crippen MR) is 99.1 cm³/mol. The van der Waals surface area contributed by atoms with Crippen LogP contribution in [0, 0.1) is 17.0 Å². The summed E-state index contributed by atoms with van der Waals surface area (Å²) < 4.78 is 37.9. The van der Waals surface area contributed by atoms with Crippen LogP contribution in [0.5, 0.6) is 0 Å². The van der Waals surface area contributed by atoms with Crippen molar-refractivity contribution in [2.24, 2.45) is 0 Å². The maximum Gasteiger partial charge on any atom is 0.417 e. The van der Waals surface area contributed by atoms with Crippen molar-refractivity contribution in [1.29, 1.82) is 0 Å². The van der Waals surface area contributed by atoms with Crippen LogP contribution in [-0.4, -0.2) is 29.0 Å². The van der Waals surface area contributed by atoms with E-state index in [1.165, 1.54) is 6.07 Å². The lowest BCUT2D eigenvalue weighted by atomic mass is 10.0. The maximum absolute atomic E-state index is 12.6. The van der Waals surface area contributed by atoms with Crippen LogP contribution in [0.2, 0.25) is 0 Å². The second kappa shape index (κ2) is 8.14. The number of anilines is 1. The SMILES string of the molecule is Cc1ccc(CNC2CCN(c3ccc(C(F)(F)F)cn3)CC2)cc1[N+](=O)[O-]. The fraction of sp³-hybridized carbons (Fsp3) is 0.421. The summed E-state index contributed by atoms with van der Waals surface area (Å²) in [4.78, 5) is 16.6. The quantitative estimate of drug-likeness (QED) is 0.611. The van der Waals surface area contributed by atoms with Crippen LogP contribution in [-0.2, 0) is 12.7 Å². The van der Waals surface area contributed by atoms with E-state index in [1.807, 2.05) is 11.0 Å². The molecule has 28 heavy (non-hydrogen) atoms. The summed E-state index contributed by atoms with van der Waals surface area (Å²) in [6, 6.07) is 7.90. The van der Waals surface area contributed by atoms with Crippen LogP contribution in [0.25, 0.3) is 0 Å². The third kappa shape index (κ3) is 4.78. The summed E-state index contributed by atoms with van der Waals surface area (Å²) >= 11 is 0. The van der Waals surface area contributed by atoms with Crippen LogP contribution in [0.15, 0.2) is 36.5 Å². The van der Waals surface area contributed by atoms with Gasteiger partial charge < -0.3 is 10.2 Å². The number of aryl methyl sites for hydroxylation is 1. The van der Waals surface area contributed by atoms with Crippen LogP contribution in [0.1, 0.15) is 29.5 Å². The van der Waals surface area contributed by atoms with Crippen molar-refractivity contribution < 1.29 is 18.1 Å². The molecule has 1 aromatic carbocycles. The van der Waals surface area contributed by atoms with E-state index in [0.717, 1.165) is 30.7 Å². The monoisotopic (exact) mass is 394 g/mol. The first-order chi connectivity index (χ1) is 13.2. The third-order valence-electron chi connectivity index (χ3n) is 4.96. The molecule has 0 amide bonds. The van der Waals surface area contributed by atoms with E-state index in [0.29, 0.717) is 31.0 Å². The largest absolute Gasteiger partial charge is 0.417 e. The molecule has 0 unspecified atom stereocenters. The minimum Gasteiger partial charge on any atom is -0.357 e. The van der Waals surface area contributed by atoms with Gasteiger partial charge in [0.1, 0.15) is 5.82 Å². The highest BCUT2D eigenvalue weighted by atomic mass is 19.4. The van der Waals surface area contributed by atoms with E-state index < -0.39 is 11.7 Å². The van der Waals surface area contributed by atoms with E-state index in [1.54, 1.807) is 19.1 Å². The molecule has 1 aliphatic rings. The molecule has 0 spiro atoms. The van der Waals surface area contributed by atoms with Gasteiger partial charge in [0.25, 0.3) is 5.69 Å². The molecule has 0 atom stereocenters. The van der Waals surface area contributed by atoms with Gasteiger partial charge in [0.15, 0.2) is 0 Å². The van der Waals surface area contributed by atoms with Gasteiger partial charge in [-0.25, -0.2) is 4.98 Å². The molecule has 9 heteroatoms. The number of nitrogens with one attached hydrogen (secondary N) is 1. The van der Waals surface area contributed by atoms with E-state index in [9.17, 15) is 23.3 Å². The number of nitro benzene ring substituents is 1. The maximum atomic E-state index is 12.6. The predicted octanol–water partition coefficient (Wildman–Crippen LogP) is 4.08.